The summed E-state index contributed by atoms with van der Waals surface area (Å²) in [5.74, 6) is 1.92. The zero-order chi connectivity index (χ0) is 35.4. The lowest BCUT2D eigenvalue weighted by Gasteiger charge is -2.30. The van der Waals surface area contributed by atoms with Crippen molar-refractivity contribution in [2.45, 2.75) is 12.3 Å². The van der Waals surface area contributed by atoms with Crippen LogP contribution < -0.4 is 0 Å². The zero-order valence-corrected chi connectivity index (χ0v) is 29.1. The molecule has 1 atom stereocenters. The Labute approximate surface area is 307 Å². The van der Waals surface area contributed by atoms with Gasteiger partial charge in [-0.1, -0.05) is 146 Å². The smallest absolute Gasteiger partial charge is 0.164 e. The first-order chi connectivity index (χ1) is 26.2. The Morgan fingerprint density at radius 2 is 0.925 bits per heavy atom. The lowest BCUT2D eigenvalue weighted by Crippen LogP contribution is -2.32. The van der Waals surface area contributed by atoms with Gasteiger partial charge in [-0.05, 0) is 54.4 Å². The Hall–Kier alpha value is -6.98. The highest BCUT2D eigenvalue weighted by Crippen LogP contribution is 2.51. The van der Waals surface area contributed by atoms with Crippen molar-refractivity contribution in [3.63, 3.8) is 0 Å². The number of rotatable bonds is 6. The molecule has 0 saturated carbocycles. The van der Waals surface area contributed by atoms with Crippen molar-refractivity contribution in [2.75, 3.05) is 0 Å². The van der Waals surface area contributed by atoms with Gasteiger partial charge in [-0.2, -0.15) is 0 Å². The Kier molecular flexibility index (Phi) is 7.18. The minimum absolute atomic E-state index is 0.504. The minimum atomic E-state index is -0.504. The van der Waals surface area contributed by atoms with Gasteiger partial charge in [0, 0.05) is 38.7 Å². The number of aromatic nitrogens is 4. The molecule has 0 bridgehead atoms. The number of aliphatic imine (C=N–C) groups is 1. The van der Waals surface area contributed by atoms with Crippen molar-refractivity contribution < 1.29 is 0 Å². The van der Waals surface area contributed by atoms with Gasteiger partial charge in [-0.25, -0.2) is 15.0 Å². The number of benzene rings is 7. The Morgan fingerprint density at radius 3 is 1.51 bits per heavy atom. The molecular formula is C48H33N5. The number of fused-ring (bicyclic) bond motifs is 5. The summed E-state index contributed by atoms with van der Waals surface area (Å²) in [4.78, 5) is 20.3. The summed E-state index contributed by atoms with van der Waals surface area (Å²) in [6.07, 6.45) is 0. The molecule has 250 valence electrons. The molecule has 0 aliphatic carbocycles. The molecule has 0 saturated heterocycles. The number of hydrogen-bond donors (Lipinski definition) is 0. The summed E-state index contributed by atoms with van der Waals surface area (Å²) < 4.78 is 2.41. The van der Waals surface area contributed by atoms with Crippen LogP contribution in [0, 0.1) is 0 Å². The topological polar surface area (TPSA) is 56.0 Å². The Bertz CT molecular complexity index is 2750. The van der Waals surface area contributed by atoms with Crippen molar-refractivity contribution in [1.82, 2.24) is 19.5 Å². The molecule has 1 aliphatic rings. The van der Waals surface area contributed by atoms with Crippen LogP contribution in [-0.4, -0.2) is 25.2 Å². The molecule has 0 radical (unpaired) electrons. The number of hydrogen-bond acceptors (Lipinski definition) is 4. The zero-order valence-electron chi connectivity index (χ0n) is 29.1. The Morgan fingerprint density at radius 1 is 0.434 bits per heavy atom. The van der Waals surface area contributed by atoms with Crippen molar-refractivity contribution in [2.24, 2.45) is 4.99 Å². The van der Waals surface area contributed by atoms with E-state index in [9.17, 15) is 0 Å². The van der Waals surface area contributed by atoms with Gasteiger partial charge in [-0.15, -0.1) is 0 Å². The third kappa shape index (κ3) is 5.01. The molecular weight excluding hydrogens is 647 g/mol. The van der Waals surface area contributed by atoms with E-state index in [0.717, 1.165) is 50.4 Å². The monoisotopic (exact) mass is 679 g/mol. The molecule has 5 nitrogen and oxygen atoms in total. The summed E-state index contributed by atoms with van der Waals surface area (Å²) in [7, 11) is 0. The molecule has 53 heavy (non-hydrogen) atoms. The van der Waals surface area contributed by atoms with E-state index < -0.39 is 5.41 Å². The lowest BCUT2D eigenvalue weighted by molar-refractivity contribution is 0.797. The van der Waals surface area contributed by atoms with E-state index in [0.29, 0.717) is 17.5 Å². The summed E-state index contributed by atoms with van der Waals surface area (Å²) in [5, 5.41) is 2.41. The van der Waals surface area contributed by atoms with Gasteiger partial charge in [0.05, 0.1) is 27.8 Å². The van der Waals surface area contributed by atoms with E-state index in [1.54, 1.807) is 0 Å². The Balaban J connectivity index is 1.17. The number of nitrogens with zero attached hydrogens (tertiary/aromatic N) is 5. The van der Waals surface area contributed by atoms with Crippen LogP contribution in [0.3, 0.4) is 0 Å². The molecule has 0 spiro atoms. The fourth-order valence-electron chi connectivity index (χ4n) is 7.95. The van der Waals surface area contributed by atoms with Crippen molar-refractivity contribution >= 4 is 33.2 Å². The first-order valence-corrected chi connectivity index (χ1v) is 17.9. The molecule has 2 aromatic heterocycles. The van der Waals surface area contributed by atoms with Crippen LogP contribution in [-0.2, 0) is 5.41 Å². The highest BCUT2D eigenvalue weighted by molar-refractivity contribution is 6.20. The molecule has 10 rings (SSSR count). The van der Waals surface area contributed by atoms with Gasteiger partial charge < -0.3 is 4.57 Å². The fourth-order valence-corrected chi connectivity index (χ4v) is 7.95. The minimum Gasteiger partial charge on any atom is -0.309 e. The highest BCUT2D eigenvalue weighted by Gasteiger charge is 2.44. The first-order valence-electron chi connectivity index (χ1n) is 17.9. The maximum absolute atomic E-state index is 5.41. The van der Waals surface area contributed by atoms with Gasteiger partial charge in [0.1, 0.15) is 0 Å². The quantitative estimate of drug-likeness (QED) is 0.176. The van der Waals surface area contributed by atoms with Crippen LogP contribution in [0.5, 0.6) is 0 Å². The third-order valence-electron chi connectivity index (χ3n) is 10.5. The van der Waals surface area contributed by atoms with Crippen LogP contribution in [0.1, 0.15) is 23.6 Å². The van der Waals surface area contributed by atoms with Gasteiger partial charge in [0.2, 0.25) is 0 Å². The van der Waals surface area contributed by atoms with Crippen molar-refractivity contribution in [3.05, 3.63) is 199 Å². The molecule has 5 heteroatoms. The second kappa shape index (κ2) is 12.4. The largest absolute Gasteiger partial charge is 0.309 e. The van der Waals surface area contributed by atoms with E-state index in [4.69, 9.17) is 19.9 Å². The lowest BCUT2D eigenvalue weighted by atomic mass is 9.71. The van der Waals surface area contributed by atoms with Crippen LogP contribution in [0.4, 0.5) is 5.69 Å². The number of para-hydroxylation sites is 1. The molecule has 0 fully saturated rings. The normalized spacial score (nSPS) is 15.1. The maximum atomic E-state index is 5.41. The molecule has 0 amide bonds. The molecule has 7 aromatic carbocycles. The van der Waals surface area contributed by atoms with Gasteiger partial charge in [-0.3, -0.25) is 4.99 Å². The first kappa shape index (κ1) is 30.8. The van der Waals surface area contributed by atoms with Crippen LogP contribution >= 0.6 is 0 Å². The summed E-state index contributed by atoms with van der Waals surface area (Å²) in [5.41, 5.74) is 11.3. The van der Waals surface area contributed by atoms with Crippen molar-refractivity contribution in [3.8, 4) is 39.9 Å². The molecule has 1 aliphatic heterocycles. The standard InChI is InChI=1S/C48H33N5/c1-48(36-22-12-5-13-23-36)42-40(49-44(48)32-16-6-2-7-17-32)31-30-39-38-24-14-15-25-41(38)53(43(39)42)37-28-26-35(27-29-37)47-51-45(33-18-8-3-9-19-33)50-46(52-47)34-20-10-4-11-21-34/h2-31H,1H3. The third-order valence-corrected chi connectivity index (χ3v) is 10.5. The molecule has 0 N–H and O–H groups in total. The van der Waals surface area contributed by atoms with Crippen LogP contribution in [0.15, 0.2) is 187 Å². The highest BCUT2D eigenvalue weighted by atomic mass is 15.0. The fraction of sp³-hybridized carbons (Fsp3) is 0.0417. The second-order valence-corrected chi connectivity index (χ2v) is 13.6. The van der Waals surface area contributed by atoms with Gasteiger partial charge >= 0.3 is 0 Å². The van der Waals surface area contributed by atoms with E-state index >= 15 is 0 Å². The van der Waals surface area contributed by atoms with Crippen LogP contribution in [0.2, 0.25) is 0 Å². The van der Waals surface area contributed by atoms with E-state index in [-0.39, 0.29) is 0 Å². The predicted molar refractivity (Wildman–Crippen MR) is 216 cm³/mol. The van der Waals surface area contributed by atoms with Gasteiger partial charge in [0.15, 0.2) is 17.5 Å². The second-order valence-electron chi connectivity index (χ2n) is 13.6. The average Bonchev–Trinajstić information content (AvgIpc) is 3.74. The van der Waals surface area contributed by atoms with Crippen LogP contribution in [0.25, 0.3) is 61.7 Å². The average molecular weight is 680 g/mol. The molecule has 1 unspecified atom stereocenters. The molecule has 9 aromatic rings. The summed E-state index contributed by atoms with van der Waals surface area (Å²) in [6, 6.07) is 63.3. The molecule has 3 heterocycles. The summed E-state index contributed by atoms with van der Waals surface area (Å²) in [6.45, 7) is 2.33. The van der Waals surface area contributed by atoms with E-state index in [1.165, 1.54) is 21.9 Å². The van der Waals surface area contributed by atoms with E-state index in [2.05, 4.69) is 133 Å². The van der Waals surface area contributed by atoms with E-state index in [1.807, 2.05) is 60.7 Å². The summed E-state index contributed by atoms with van der Waals surface area (Å²) >= 11 is 0. The SMILES string of the molecule is CC1(c2ccccc2)C(c2ccccc2)=Nc2ccc3c4ccccc4n(-c4ccc(-c5nc(-c6ccccc6)nc(-c6ccccc6)n5)cc4)c3c21. The maximum Gasteiger partial charge on any atom is 0.164 e. The predicted octanol–water partition coefficient (Wildman–Crippen LogP) is 11.4. The van der Waals surface area contributed by atoms with Crippen molar-refractivity contribution in [1.29, 1.82) is 0 Å². The van der Waals surface area contributed by atoms with Gasteiger partial charge in [0.25, 0.3) is 0 Å².